The number of anilines is 1. The van der Waals surface area contributed by atoms with Gasteiger partial charge in [0.1, 0.15) is 18.1 Å². The molecular weight excluding hydrogens is 564 g/mol. The summed E-state index contributed by atoms with van der Waals surface area (Å²) < 4.78 is 14.4. The van der Waals surface area contributed by atoms with Crippen LogP contribution in [0.3, 0.4) is 0 Å². The zero-order valence-electron chi connectivity index (χ0n) is 16.8. The molecule has 4 rings (SSSR count). The van der Waals surface area contributed by atoms with Crippen molar-refractivity contribution in [2.45, 2.75) is 20.1 Å². The molecule has 0 aliphatic carbocycles. The summed E-state index contributed by atoms with van der Waals surface area (Å²) in [5.74, 6) is 1.07. The van der Waals surface area contributed by atoms with Gasteiger partial charge in [0.05, 0.1) is 16.6 Å². The highest BCUT2D eigenvalue weighted by molar-refractivity contribution is 9.10. The van der Waals surface area contributed by atoms with Gasteiger partial charge in [0.2, 0.25) is 0 Å². The molecule has 2 heterocycles. The van der Waals surface area contributed by atoms with E-state index >= 15 is 0 Å². The van der Waals surface area contributed by atoms with Gasteiger partial charge in [-0.3, -0.25) is 9.48 Å². The van der Waals surface area contributed by atoms with Crippen molar-refractivity contribution in [3.8, 4) is 5.75 Å². The SMILES string of the molecule is Cc1onc(C(=O)Nc2nn(Cc3ccc(Br)cc3)cc2Br)c1COc1ccc(Cl)cc1. The summed E-state index contributed by atoms with van der Waals surface area (Å²) in [6.07, 6.45) is 1.80. The Balaban J connectivity index is 1.45. The molecule has 10 heteroatoms. The molecule has 0 saturated carbocycles. The molecule has 0 radical (unpaired) electrons. The summed E-state index contributed by atoms with van der Waals surface area (Å²) >= 11 is 12.8. The third-order valence-corrected chi connectivity index (χ3v) is 5.96. The maximum atomic E-state index is 12.9. The predicted molar refractivity (Wildman–Crippen MR) is 128 cm³/mol. The van der Waals surface area contributed by atoms with Gasteiger partial charge in [-0.1, -0.05) is 44.8 Å². The van der Waals surface area contributed by atoms with Crippen LogP contribution in [0.15, 0.2) is 68.2 Å². The summed E-state index contributed by atoms with van der Waals surface area (Å²) in [6, 6.07) is 14.9. The maximum Gasteiger partial charge on any atom is 0.279 e. The van der Waals surface area contributed by atoms with Gasteiger partial charge in [-0.15, -0.1) is 0 Å². The minimum Gasteiger partial charge on any atom is -0.489 e. The first-order valence-corrected chi connectivity index (χ1v) is 11.5. The van der Waals surface area contributed by atoms with E-state index < -0.39 is 5.91 Å². The minimum atomic E-state index is -0.439. The number of amides is 1. The smallest absolute Gasteiger partial charge is 0.279 e. The lowest BCUT2D eigenvalue weighted by atomic mass is 10.2. The van der Waals surface area contributed by atoms with Crippen LogP contribution >= 0.6 is 43.5 Å². The molecule has 0 bridgehead atoms. The van der Waals surface area contributed by atoms with Crippen LogP contribution in [0.4, 0.5) is 5.82 Å². The fourth-order valence-electron chi connectivity index (χ4n) is 2.93. The number of ether oxygens (including phenoxy) is 1. The molecule has 0 aliphatic rings. The molecule has 164 valence electrons. The Labute approximate surface area is 205 Å². The van der Waals surface area contributed by atoms with E-state index in [9.17, 15) is 4.79 Å². The van der Waals surface area contributed by atoms with Crippen molar-refractivity contribution in [3.05, 3.63) is 91.3 Å². The second-order valence-electron chi connectivity index (χ2n) is 6.91. The van der Waals surface area contributed by atoms with Gasteiger partial charge in [-0.2, -0.15) is 5.10 Å². The van der Waals surface area contributed by atoms with Gasteiger partial charge < -0.3 is 14.6 Å². The van der Waals surface area contributed by atoms with Crippen molar-refractivity contribution in [2.24, 2.45) is 0 Å². The fraction of sp³-hybridized carbons (Fsp3) is 0.136. The number of nitrogens with one attached hydrogen (secondary N) is 1. The molecule has 4 aromatic rings. The van der Waals surface area contributed by atoms with Crippen LogP contribution in [0.2, 0.25) is 5.02 Å². The van der Waals surface area contributed by atoms with Crippen LogP contribution in [0.25, 0.3) is 0 Å². The number of aromatic nitrogens is 3. The van der Waals surface area contributed by atoms with Gasteiger partial charge in [0.25, 0.3) is 5.91 Å². The average Bonchev–Trinajstić information content (AvgIpc) is 3.31. The van der Waals surface area contributed by atoms with E-state index in [1.54, 1.807) is 42.1 Å². The number of rotatable bonds is 7. The van der Waals surface area contributed by atoms with E-state index in [0.29, 0.717) is 38.9 Å². The van der Waals surface area contributed by atoms with E-state index in [0.717, 1.165) is 10.0 Å². The van der Waals surface area contributed by atoms with Gasteiger partial charge in [0, 0.05) is 15.7 Å². The quantitative estimate of drug-likeness (QED) is 0.280. The zero-order chi connectivity index (χ0) is 22.7. The van der Waals surface area contributed by atoms with Crippen LogP contribution in [-0.2, 0) is 13.2 Å². The standard InChI is InChI=1S/C22H17Br2ClN4O3/c1-13-18(12-31-17-8-6-16(25)7-9-17)20(28-32-13)22(30)26-21-19(24)11-29(27-21)10-14-2-4-15(23)5-3-14/h2-9,11H,10,12H2,1H3,(H,26,27,30). The summed E-state index contributed by atoms with van der Waals surface area (Å²) in [7, 11) is 0. The van der Waals surface area contributed by atoms with Gasteiger partial charge in [0.15, 0.2) is 11.5 Å². The number of benzene rings is 2. The largest absolute Gasteiger partial charge is 0.489 e. The number of aryl methyl sites for hydroxylation is 1. The van der Waals surface area contributed by atoms with Crippen molar-refractivity contribution in [1.82, 2.24) is 14.9 Å². The van der Waals surface area contributed by atoms with Gasteiger partial charge in [-0.05, 0) is 64.8 Å². The van der Waals surface area contributed by atoms with E-state index in [-0.39, 0.29) is 12.3 Å². The Kier molecular flexibility index (Phi) is 6.98. The topological polar surface area (TPSA) is 82.2 Å². The molecule has 0 aliphatic heterocycles. The molecule has 0 spiro atoms. The maximum absolute atomic E-state index is 12.9. The Hall–Kier alpha value is -2.62. The van der Waals surface area contributed by atoms with Crippen LogP contribution in [0, 0.1) is 6.92 Å². The van der Waals surface area contributed by atoms with Crippen LogP contribution in [0.1, 0.15) is 27.4 Å². The second kappa shape index (κ2) is 9.89. The van der Waals surface area contributed by atoms with Crippen molar-refractivity contribution >= 4 is 55.2 Å². The Morgan fingerprint density at radius 1 is 1.16 bits per heavy atom. The number of hydrogen-bond donors (Lipinski definition) is 1. The first-order valence-electron chi connectivity index (χ1n) is 9.51. The normalized spacial score (nSPS) is 10.9. The molecule has 2 aromatic carbocycles. The summed E-state index contributed by atoms with van der Waals surface area (Å²) in [4.78, 5) is 12.9. The highest BCUT2D eigenvalue weighted by Gasteiger charge is 2.22. The lowest BCUT2D eigenvalue weighted by molar-refractivity contribution is 0.101. The second-order valence-corrected chi connectivity index (χ2v) is 9.12. The number of hydrogen-bond acceptors (Lipinski definition) is 5. The molecule has 0 atom stereocenters. The molecule has 2 aromatic heterocycles. The van der Waals surface area contributed by atoms with Gasteiger partial charge in [-0.25, -0.2) is 0 Å². The van der Waals surface area contributed by atoms with Crippen LogP contribution in [-0.4, -0.2) is 20.8 Å². The highest BCUT2D eigenvalue weighted by atomic mass is 79.9. The number of carbonyl (C=O) groups excluding carboxylic acids is 1. The number of carbonyl (C=O) groups is 1. The molecule has 0 fully saturated rings. The number of nitrogens with zero attached hydrogens (tertiary/aromatic N) is 3. The summed E-state index contributed by atoms with van der Waals surface area (Å²) in [5.41, 5.74) is 1.78. The van der Waals surface area contributed by atoms with Crippen LogP contribution in [0.5, 0.6) is 5.75 Å². The van der Waals surface area contributed by atoms with E-state index in [4.69, 9.17) is 20.9 Å². The fourth-order valence-corrected chi connectivity index (χ4v) is 3.74. The van der Waals surface area contributed by atoms with E-state index in [1.165, 1.54) is 0 Å². The molecule has 32 heavy (non-hydrogen) atoms. The van der Waals surface area contributed by atoms with Crippen LogP contribution < -0.4 is 10.1 Å². The van der Waals surface area contributed by atoms with Crippen molar-refractivity contribution < 1.29 is 14.1 Å². The van der Waals surface area contributed by atoms with E-state index in [2.05, 4.69) is 47.4 Å². The third kappa shape index (κ3) is 5.40. The van der Waals surface area contributed by atoms with Crippen molar-refractivity contribution in [2.75, 3.05) is 5.32 Å². The summed E-state index contributed by atoms with van der Waals surface area (Å²) in [5, 5.41) is 11.8. The minimum absolute atomic E-state index is 0.124. The third-order valence-electron chi connectivity index (χ3n) is 4.60. The first kappa shape index (κ1) is 22.6. The molecule has 0 saturated heterocycles. The van der Waals surface area contributed by atoms with Gasteiger partial charge >= 0.3 is 0 Å². The molecule has 1 amide bonds. The molecule has 7 nitrogen and oxygen atoms in total. The Bertz CT molecular complexity index is 1240. The monoisotopic (exact) mass is 578 g/mol. The molecule has 0 unspecified atom stereocenters. The average molecular weight is 581 g/mol. The molecular formula is C22H17Br2ClN4O3. The van der Waals surface area contributed by atoms with E-state index in [1.807, 2.05) is 24.3 Å². The Morgan fingerprint density at radius 3 is 2.59 bits per heavy atom. The van der Waals surface area contributed by atoms with Crippen molar-refractivity contribution in [1.29, 1.82) is 0 Å². The number of halogens is 3. The lowest BCUT2D eigenvalue weighted by Gasteiger charge is -2.07. The Morgan fingerprint density at radius 2 is 1.88 bits per heavy atom. The zero-order valence-corrected chi connectivity index (χ0v) is 20.7. The first-order chi connectivity index (χ1) is 15.4. The van der Waals surface area contributed by atoms with Crippen molar-refractivity contribution in [3.63, 3.8) is 0 Å². The summed E-state index contributed by atoms with van der Waals surface area (Å²) in [6.45, 7) is 2.41. The predicted octanol–water partition coefficient (Wildman–Crippen LogP) is 6.24. The lowest BCUT2D eigenvalue weighted by Crippen LogP contribution is -2.16. The highest BCUT2D eigenvalue weighted by Crippen LogP contribution is 2.24. The molecule has 1 N–H and O–H groups in total.